The highest BCUT2D eigenvalue weighted by atomic mass is 19.1. The van der Waals surface area contributed by atoms with E-state index in [4.69, 9.17) is 4.74 Å². The Morgan fingerprint density at radius 3 is 2.47 bits per heavy atom. The van der Waals surface area contributed by atoms with Gasteiger partial charge in [0.05, 0.1) is 12.1 Å². The van der Waals surface area contributed by atoms with Crippen molar-refractivity contribution in [1.29, 1.82) is 0 Å². The quantitative estimate of drug-likeness (QED) is 0.786. The number of hydrogen-bond donors (Lipinski definition) is 2. The van der Waals surface area contributed by atoms with E-state index in [1.807, 2.05) is 0 Å². The van der Waals surface area contributed by atoms with Crippen LogP contribution in [0.15, 0.2) is 48.5 Å². The van der Waals surface area contributed by atoms with Gasteiger partial charge in [-0.2, -0.15) is 0 Å². The number of piperidine rings is 1. The second-order valence-electron chi connectivity index (χ2n) is 8.01. The van der Waals surface area contributed by atoms with Gasteiger partial charge in [-0.1, -0.05) is 12.5 Å². The number of carbonyl (C=O) groups is 1. The van der Waals surface area contributed by atoms with Crippen LogP contribution in [0.5, 0.6) is 5.75 Å². The topological polar surface area (TPSA) is 61.8 Å². The average molecular weight is 416 g/mol. The van der Waals surface area contributed by atoms with Crippen LogP contribution in [0.1, 0.15) is 36.0 Å². The molecule has 30 heavy (non-hydrogen) atoms. The molecular formula is C23H26F2N2O3. The van der Waals surface area contributed by atoms with E-state index in [9.17, 15) is 18.7 Å². The summed E-state index contributed by atoms with van der Waals surface area (Å²) in [5.41, 5.74) is 0.359. The largest absolute Gasteiger partial charge is 0.487 e. The van der Waals surface area contributed by atoms with Crippen molar-refractivity contribution in [1.82, 2.24) is 10.2 Å². The number of halogens is 2. The lowest BCUT2D eigenvalue weighted by Gasteiger charge is -2.37. The molecule has 1 heterocycles. The lowest BCUT2D eigenvalue weighted by atomic mass is 10.0. The first-order chi connectivity index (χ1) is 14.5. The number of hydrogen-bond acceptors (Lipinski definition) is 4. The Morgan fingerprint density at radius 1 is 1.03 bits per heavy atom. The monoisotopic (exact) mass is 416 g/mol. The Kier molecular flexibility index (Phi) is 6.29. The maximum atomic E-state index is 13.5. The fourth-order valence-electron chi connectivity index (χ4n) is 4.50. The van der Waals surface area contributed by atoms with Gasteiger partial charge in [-0.25, -0.2) is 8.78 Å². The van der Waals surface area contributed by atoms with Crippen LogP contribution < -0.4 is 10.1 Å². The Balaban J connectivity index is 1.52. The van der Waals surface area contributed by atoms with Crippen LogP contribution in [0.4, 0.5) is 8.78 Å². The third kappa shape index (κ3) is 4.63. The smallest absolute Gasteiger partial charge is 0.251 e. The van der Waals surface area contributed by atoms with Gasteiger partial charge in [0.15, 0.2) is 0 Å². The third-order valence-corrected chi connectivity index (χ3v) is 5.95. The number of amides is 1. The lowest BCUT2D eigenvalue weighted by Crippen LogP contribution is -2.54. The molecule has 2 aromatic rings. The van der Waals surface area contributed by atoms with Gasteiger partial charge in [0.1, 0.15) is 29.6 Å². The van der Waals surface area contributed by atoms with Gasteiger partial charge in [0, 0.05) is 18.1 Å². The highest BCUT2D eigenvalue weighted by molar-refractivity contribution is 5.94. The van der Waals surface area contributed by atoms with Gasteiger partial charge in [-0.05, 0) is 62.3 Å². The molecule has 4 atom stereocenters. The predicted octanol–water partition coefficient (Wildman–Crippen LogP) is 3.13. The van der Waals surface area contributed by atoms with Crippen molar-refractivity contribution in [2.24, 2.45) is 0 Å². The summed E-state index contributed by atoms with van der Waals surface area (Å²) in [5, 5.41) is 14.1. The molecule has 0 aromatic heterocycles. The van der Waals surface area contributed by atoms with Crippen molar-refractivity contribution in [2.75, 3.05) is 13.1 Å². The molecule has 0 unspecified atom stereocenters. The van der Waals surface area contributed by atoms with Crippen LogP contribution in [0.25, 0.3) is 0 Å². The molecule has 2 N–H and O–H groups in total. The minimum atomic E-state index is -0.829. The number of nitrogens with one attached hydrogen (secondary N) is 1. The van der Waals surface area contributed by atoms with Crippen LogP contribution in [0.2, 0.25) is 0 Å². The summed E-state index contributed by atoms with van der Waals surface area (Å²) >= 11 is 0. The summed E-state index contributed by atoms with van der Waals surface area (Å²) in [5.74, 6) is -0.783. The van der Waals surface area contributed by atoms with E-state index in [0.29, 0.717) is 17.7 Å². The molecule has 5 nitrogen and oxygen atoms in total. The number of aliphatic hydroxyl groups is 1. The molecule has 160 valence electrons. The third-order valence-electron chi connectivity index (χ3n) is 5.95. The van der Waals surface area contributed by atoms with Gasteiger partial charge < -0.3 is 15.2 Å². The minimum absolute atomic E-state index is 0.298. The number of carbonyl (C=O) groups excluding carboxylic acids is 1. The number of ether oxygens (including phenoxy) is 1. The number of benzene rings is 2. The number of likely N-dealkylation sites (tertiary alicyclic amines) is 1. The van der Waals surface area contributed by atoms with Crippen molar-refractivity contribution in [3.8, 4) is 5.75 Å². The van der Waals surface area contributed by atoms with Crippen LogP contribution in [-0.2, 0) is 0 Å². The van der Waals surface area contributed by atoms with Crippen molar-refractivity contribution >= 4 is 5.91 Å². The zero-order valence-electron chi connectivity index (χ0n) is 16.6. The molecule has 7 heteroatoms. The first-order valence-electron chi connectivity index (χ1n) is 10.4. The highest BCUT2D eigenvalue weighted by Crippen LogP contribution is 2.31. The molecule has 2 fully saturated rings. The molecule has 1 saturated carbocycles. The molecule has 2 aromatic carbocycles. The van der Waals surface area contributed by atoms with E-state index in [1.165, 1.54) is 36.4 Å². The van der Waals surface area contributed by atoms with Crippen molar-refractivity contribution in [3.05, 3.63) is 65.7 Å². The molecule has 1 aliphatic carbocycles. The zero-order valence-corrected chi connectivity index (χ0v) is 16.6. The summed E-state index contributed by atoms with van der Waals surface area (Å²) in [6.45, 7) is 1.69. The van der Waals surface area contributed by atoms with Gasteiger partial charge in [-0.15, -0.1) is 0 Å². The number of aliphatic hydroxyl groups excluding tert-OH is 1. The molecule has 1 amide bonds. The second kappa shape index (κ2) is 9.10. The van der Waals surface area contributed by atoms with E-state index >= 15 is 0 Å². The highest BCUT2D eigenvalue weighted by Gasteiger charge is 2.47. The average Bonchev–Trinajstić information content (AvgIpc) is 3.03. The van der Waals surface area contributed by atoms with Crippen molar-refractivity contribution in [2.45, 2.75) is 50.0 Å². The van der Waals surface area contributed by atoms with Gasteiger partial charge in [-0.3, -0.25) is 9.69 Å². The van der Waals surface area contributed by atoms with E-state index < -0.39 is 23.8 Å². The normalized spacial score (nSPS) is 27.0. The molecular weight excluding hydrogens is 390 g/mol. The van der Waals surface area contributed by atoms with Gasteiger partial charge in [0.2, 0.25) is 0 Å². The van der Waals surface area contributed by atoms with Crippen LogP contribution in [0.3, 0.4) is 0 Å². The van der Waals surface area contributed by atoms with E-state index in [-0.39, 0.29) is 18.0 Å². The number of rotatable bonds is 5. The second-order valence-corrected chi connectivity index (χ2v) is 8.01. The summed E-state index contributed by atoms with van der Waals surface area (Å²) in [6, 6.07) is 10.6. The molecule has 0 radical (unpaired) electrons. The van der Waals surface area contributed by atoms with Crippen LogP contribution >= 0.6 is 0 Å². The van der Waals surface area contributed by atoms with Crippen LogP contribution in [-0.4, -0.2) is 53.3 Å². The lowest BCUT2D eigenvalue weighted by molar-refractivity contribution is 0.00137. The SMILES string of the molecule is O=C(N[C@@H]1C[C@@H](Oc2cccc(F)c2)[C@H](O)[C@H]1N1CCCCC1)c1ccc(F)cc1. The molecule has 1 saturated heterocycles. The Labute approximate surface area is 174 Å². The molecule has 1 aliphatic heterocycles. The Bertz CT molecular complexity index is 871. The Hall–Kier alpha value is -2.51. The molecule has 0 spiro atoms. The maximum Gasteiger partial charge on any atom is 0.251 e. The standard InChI is InChI=1S/C23H26F2N2O3/c24-16-9-7-15(8-10-16)23(29)26-19-14-20(30-18-6-4-5-17(25)13-18)22(28)21(19)27-11-2-1-3-12-27/h4-10,13,19-22,28H,1-3,11-12,14H2,(H,26,29)/t19-,20-,21+,22+/m1/s1. The van der Waals surface area contributed by atoms with Gasteiger partial charge >= 0.3 is 0 Å². The van der Waals surface area contributed by atoms with Gasteiger partial charge in [0.25, 0.3) is 5.91 Å². The van der Waals surface area contributed by atoms with E-state index in [0.717, 1.165) is 32.4 Å². The van der Waals surface area contributed by atoms with E-state index in [1.54, 1.807) is 12.1 Å². The Morgan fingerprint density at radius 2 is 1.77 bits per heavy atom. The summed E-state index contributed by atoms with van der Waals surface area (Å²) in [6.07, 6.45) is 2.22. The molecule has 0 bridgehead atoms. The first kappa shape index (κ1) is 20.8. The first-order valence-corrected chi connectivity index (χ1v) is 10.4. The molecule has 2 aliphatic rings. The zero-order chi connectivity index (χ0) is 21.1. The summed E-state index contributed by atoms with van der Waals surface area (Å²) in [4.78, 5) is 14.9. The fourth-order valence-corrected chi connectivity index (χ4v) is 4.50. The maximum absolute atomic E-state index is 13.5. The molecule has 4 rings (SSSR count). The number of nitrogens with zero attached hydrogens (tertiary/aromatic N) is 1. The summed E-state index contributed by atoms with van der Waals surface area (Å²) in [7, 11) is 0. The summed E-state index contributed by atoms with van der Waals surface area (Å²) < 4.78 is 32.6. The predicted molar refractivity (Wildman–Crippen MR) is 108 cm³/mol. The van der Waals surface area contributed by atoms with Crippen molar-refractivity contribution in [3.63, 3.8) is 0 Å². The minimum Gasteiger partial charge on any atom is -0.487 e. The van der Waals surface area contributed by atoms with Crippen LogP contribution in [0, 0.1) is 11.6 Å². The van der Waals surface area contributed by atoms with Crippen molar-refractivity contribution < 1.29 is 23.4 Å². The fraction of sp³-hybridized carbons (Fsp3) is 0.435. The van der Waals surface area contributed by atoms with E-state index in [2.05, 4.69) is 10.2 Å².